The Morgan fingerprint density at radius 1 is 1.15 bits per heavy atom. The predicted molar refractivity (Wildman–Crippen MR) is 83.3 cm³/mol. The van der Waals surface area contributed by atoms with E-state index < -0.39 is 0 Å². The summed E-state index contributed by atoms with van der Waals surface area (Å²) in [6.45, 7) is 0. The van der Waals surface area contributed by atoms with Gasteiger partial charge in [-0.3, -0.25) is 4.98 Å². The minimum Gasteiger partial charge on any atom is -0.325 e. The third-order valence-corrected chi connectivity index (χ3v) is 4.51. The van der Waals surface area contributed by atoms with E-state index in [1.54, 1.807) is 0 Å². The predicted octanol–water partition coefficient (Wildman–Crippen LogP) is 4.50. The molecule has 0 aromatic carbocycles. The van der Waals surface area contributed by atoms with Crippen molar-refractivity contribution in [2.45, 2.75) is 57.4 Å². The van der Waals surface area contributed by atoms with Gasteiger partial charge in [0.1, 0.15) is 11.3 Å². The summed E-state index contributed by atoms with van der Waals surface area (Å²) in [6.07, 6.45) is 13.9. The van der Waals surface area contributed by atoms with Gasteiger partial charge in [-0.25, -0.2) is 4.98 Å². The van der Waals surface area contributed by atoms with Gasteiger partial charge in [-0.15, -0.1) is 11.6 Å². The Balaban J connectivity index is 2.00. The van der Waals surface area contributed by atoms with Crippen LogP contribution in [0.15, 0.2) is 18.5 Å². The lowest BCUT2D eigenvalue weighted by molar-refractivity contribution is 0.371. The van der Waals surface area contributed by atoms with E-state index in [9.17, 15) is 0 Å². The van der Waals surface area contributed by atoms with Crippen molar-refractivity contribution in [2.75, 3.05) is 5.88 Å². The van der Waals surface area contributed by atoms with Gasteiger partial charge >= 0.3 is 0 Å². The molecule has 4 heteroatoms. The van der Waals surface area contributed by atoms with Gasteiger partial charge in [0.25, 0.3) is 0 Å². The van der Waals surface area contributed by atoms with Crippen LogP contribution in [-0.2, 0) is 6.42 Å². The fraction of sp³-hybridized carbons (Fsp3) is 0.625. The smallest absolute Gasteiger partial charge is 0.111 e. The van der Waals surface area contributed by atoms with Crippen LogP contribution in [0.5, 0.6) is 0 Å². The molecule has 2 aromatic heterocycles. The Hall–Kier alpha value is -1.09. The Morgan fingerprint density at radius 2 is 1.90 bits per heavy atom. The largest absolute Gasteiger partial charge is 0.325 e. The number of hydrogen-bond acceptors (Lipinski definition) is 2. The first kappa shape index (κ1) is 13.9. The lowest BCUT2D eigenvalue weighted by Crippen LogP contribution is -2.14. The number of aromatic nitrogens is 3. The van der Waals surface area contributed by atoms with Crippen LogP contribution in [-0.4, -0.2) is 20.4 Å². The monoisotopic (exact) mass is 291 g/mol. The molecule has 1 aliphatic rings. The molecule has 0 bridgehead atoms. The Morgan fingerprint density at radius 3 is 2.65 bits per heavy atom. The van der Waals surface area contributed by atoms with Crippen LogP contribution in [0.25, 0.3) is 11.0 Å². The van der Waals surface area contributed by atoms with Crippen LogP contribution in [0, 0.1) is 0 Å². The highest BCUT2D eigenvalue weighted by Crippen LogP contribution is 2.31. The molecule has 108 valence electrons. The molecular formula is C16H22ClN3. The first-order valence-electron chi connectivity index (χ1n) is 7.77. The summed E-state index contributed by atoms with van der Waals surface area (Å²) < 4.78 is 2.45. The lowest BCUT2D eigenvalue weighted by Gasteiger charge is -2.23. The summed E-state index contributed by atoms with van der Waals surface area (Å²) in [6, 6.07) is 2.68. The fourth-order valence-electron chi connectivity index (χ4n) is 3.36. The molecule has 1 aliphatic carbocycles. The molecule has 2 heterocycles. The van der Waals surface area contributed by atoms with E-state index in [2.05, 4.69) is 15.6 Å². The summed E-state index contributed by atoms with van der Waals surface area (Å²) in [7, 11) is 0. The summed E-state index contributed by atoms with van der Waals surface area (Å²) >= 11 is 5.96. The molecular weight excluding hydrogens is 270 g/mol. The van der Waals surface area contributed by atoms with Gasteiger partial charge in [-0.1, -0.05) is 32.1 Å². The van der Waals surface area contributed by atoms with E-state index in [4.69, 9.17) is 16.6 Å². The molecule has 0 N–H and O–H groups in total. The number of aryl methyl sites for hydroxylation is 1. The average Bonchev–Trinajstić information content (AvgIpc) is 2.77. The maximum Gasteiger partial charge on any atom is 0.111 e. The van der Waals surface area contributed by atoms with E-state index in [1.165, 1.54) is 50.5 Å². The number of halogens is 1. The highest BCUT2D eigenvalue weighted by molar-refractivity contribution is 6.17. The number of rotatable bonds is 3. The number of hydrogen-bond donors (Lipinski definition) is 0. The average molecular weight is 292 g/mol. The van der Waals surface area contributed by atoms with Crippen molar-refractivity contribution in [3.8, 4) is 0 Å². The first-order valence-corrected chi connectivity index (χ1v) is 8.30. The zero-order chi connectivity index (χ0) is 13.8. The second kappa shape index (κ2) is 6.57. The van der Waals surface area contributed by atoms with Crippen molar-refractivity contribution in [3.05, 3.63) is 24.3 Å². The van der Waals surface area contributed by atoms with Crippen LogP contribution in [0.2, 0.25) is 0 Å². The SMILES string of the molecule is ClCCc1nc2cnccc2n1C1CCCCCCC1. The molecule has 0 atom stereocenters. The molecule has 0 aliphatic heterocycles. The number of fused-ring (bicyclic) bond motifs is 1. The summed E-state index contributed by atoms with van der Waals surface area (Å²) in [4.78, 5) is 8.94. The van der Waals surface area contributed by atoms with E-state index in [-0.39, 0.29) is 0 Å². The van der Waals surface area contributed by atoms with Gasteiger partial charge in [0, 0.05) is 24.5 Å². The summed E-state index contributed by atoms with van der Waals surface area (Å²) in [5.74, 6) is 1.76. The normalized spacial score (nSPS) is 18.1. The van der Waals surface area contributed by atoms with Gasteiger partial charge in [0.2, 0.25) is 0 Å². The van der Waals surface area contributed by atoms with Crippen molar-refractivity contribution in [2.24, 2.45) is 0 Å². The highest BCUT2D eigenvalue weighted by Gasteiger charge is 2.19. The number of pyridine rings is 1. The van der Waals surface area contributed by atoms with E-state index in [0.29, 0.717) is 11.9 Å². The standard InChI is InChI=1S/C16H22ClN3/c17-10-8-16-19-14-12-18-11-9-15(14)20(16)13-6-4-2-1-3-5-7-13/h9,11-13H,1-8,10H2. The lowest BCUT2D eigenvalue weighted by atomic mass is 9.96. The van der Waals surface area contributed by atoms with Crippen molar-refractivity contribution < 1.29 is 0 Å². The van der Waals surface area contributed by atoms with Crippen molar-refractivity contribution >= 4 is 22.6 Å². The molecule has 0 spiro atoms. The van der Waals surface area contributed by atoms with Gasteiger partial charge in [-0.05, 0) is 18.9 Å². The zero-order valence-corrected chi connectivity index (χ0v) is 12.6. The fourth-order valence-corrected chi connectivity index (χ4v) is 3.53. The molecule has 0 amide bonds. The zero-order valence-electron chi connectivity index (χ0n) is 11.9. The van der Waals surface area contributed by atoms with E-state index in [0.717, 1.165) is 17.8 Å². The third kappa shape index (κ3) is 2.83. The minimum absolute atomic E-state index is 0.584. The van der Waals surface area contributed by atoms with Crippen LogP contribution in [0.1, 0.15) is 56.8 Å². The van der Waals surface area contributed by atoms with Crippen molar-refractivity contribution in [1.82, 2.24) is 14.5 Å². The number of alkyl halides is 1. The third-order valence-electron chi connectivity index (χ3n) is 4.32. The number of nitrogens with zero attached hydrogens (tertiary/aromatic N) is 3. The van der Waals surface area contributed by atoms with Crippen molar-refractivity contribution in [3.63, 3.8) is 0 Å². The topological polar surface area (TPSA) is 30.7 Å². The summed E-state index contributed by atoms with van der Waals surface area (Å²) in [5, 5.41) is 0. The molecule has 1 saturated carbocycles. The van der Waals surface area contributed by atoms with Gasteiger partial charge in [-0.2, -0.15) is 0 Å². The Bertz CT molecular complexity index is 556. The maximum atomic E-state index is 5.96. The molecule has 3 rings (SSSR count). The minimum atomic E-state index is 0.584. The van der Waals surface area contributed by atoms with E-state index >= 15 is 0 Å². The van der Waals surface area contributed by atoms with Gasteiger partial charge in [0.05, 0.1) is 11.7 Å². The van der Waals surface area contributed by atoms with Gasteiger partial charge in [0.15, 0.2) is 0 Å². The quantitative estimate of drug-likeness (QED) is 0.780. The van der Waals surface area contributed by atoms with Crippen LogP contribution in [0.4, 0.5) is 0 Å². The van der Waals surface area contributed by atoms with E-state index in [1.807, 2.05) is 12.4 Å². The number of imidazole rings is 1. The Labute approximate surface area is 125 Å². The molecule has 0 saturated heterocycles. The summed E-state index contributed by atoms with van der Waals surface area (Å²) in [5.41, 5.74) is 2.24. The van der Waals surface area contributed by atoms with Crippen LogP contribution >= 0.6 is 11.6 Å². The Kier molecular flexibility index (Phi) is 4.56. The molecule has 2 aromatic rings. The van der Waals surface area contributed by atoms with Gasteiger partial charge < -0.3 is 4.57 Å². The second-order valence-electron chi connectivity index (χ2n) is 5.70. The molecule has 0 radical (unpaired) electrons. The van der Waals surface area contributed by atoms with Crippen LogP contribution in [0.3, 0.4) is 0 Å². The van der Waals surface area contributed by atoms with Crippen molar-refractivity contribution in [1.29, 1.82) is 0 Å². The second-order valence-corrected chi connectivity index (χ2v) is 6.08. The maximum absolute atomic E-state index is 5.96. The molecule has 1 fully saturated rings. The van der Waals surface area contributed by atoms with Crippen LogP contribution < -0.4 is 0 Å². The first-order chi connectivity index (χ1) is 9.90. The molecule has 20 heavy (non-hydrogen) atoms. The molecule has 0 unspecified atom stereocenters. The highest BCUT2D eigenvalue weighted by atomic mass is 35.5. The molecule has 3 nitrogen and oxygen atoms in total.